The molecule has 1 amide bonds. The van der Waals surface area contributed by atoms with Gasteiger partial charge < -0.3 is 14.9 Å². The van der Waals surface area contributed by atoms with Gasteiger partial charge in [0, 0.05) is 36.3 Å². The number of amides is 1. The van der Waals surface area contributed by atoms with E-state index in [9.17, 15) is 9.18 Å². The van der Waals surface area contributed by atoms with Gasteiger partial charge in [-0.25, -0.2) is 9.18 Å². The van der Waals surface area contributed by atoms with Crippen molar-refractivity contribution in [1.82, 2.24) is 4.90 Å². The molecular formula is C11H12BrFN2O2. The minimum absolute atomic E-state index is 0.296. The molecule has 0 radical (unpaired) electrons. The van der Waals surface area contributed by atoms with Crippen molar-refractivity contribution < 1.29 is 14.3 Å². The predicted molar refractivity (Wildman–Crippen MR) is 65.9 cm³/mol. The van der Waals surface area contributed by atoms with Crippen molar-refractivity contribution in [3.63, 3.8) is 0 Å². The number of carboxylic acid groups (broad SMARTS) is 1. The van der Waals surface area contributed by atoms with Gasteiger partial charge in [0.1, 0.15) is 5.82 Å². The first-order chi connectivity index (χ1) is 8.06. The summed E-state index contributed by atoms with van der Waals surface area (Å²) >= 11 is 3.24. The lowest BCUT2D eigenvalue weighted by Crippen LogP contribution is -2.48. The summed E-state index contributed by atoms with van der Waals surface area (Å²) in [5.41, 5.74) is 0.780. The third kappa shape index (κ3) is 2.88. The topological polar surface area (TPSA) is 43.8 Å². The molecule has 0 aliphatic carbocycles. The molecular weight excluding hydrogens is 291 g/mol. The minimum atomic E-state index is -0.898. The van der Waals surface area contributed by atoms with Gasteiger partial charge in [0.05, 0.1) is 0 Å². The van der Waals surface area contributed by atoms with Crippen LogP contribution in [0.2, 0.25) is 0 Å². The highest BCUT2D eigenvalue weighted by Gasteiger charge is 2.20. The van der Waals surface area contributed by atoms with E-state index < -0.39 is 6.09 Å². The molecule has 0 spiro atoms. The van der Waals surface area contributed by atoms with Crippen LogP contribution in [0.15, 0.2) is 22.7 Å². The molecule has 0 bridgehead atoms. The van der Waals surface area contributed by atoms with Gasteiger partial charge in [-0.05, 0) is 18.2 Å². The van der Waals surface area contributed by atoms with Crippen LogP contribution in [0.25, 0.3) is 0 Å². The molecule has 1 aliphatic heterocycles. The Morgan fingerprint density at radius 2 is 1.88 bits per heavy atom. The Labute approximate surface area is 107 Å². The third-order valence-corrected chi connectivity index (χ3v) is 3.22. The second-order valence-corrected chi connectivity index (χ2v) is 4.80. The van der Waals surface area contributed by atoms with E-state index in [1.165, 1.54) is 17.0 Å². The second-order valence-electron chi connectivity index (χ2n) is 3.88. The van der Waals surface area contributed by atoms with Gasteiger partial charge in [0.15, 0.2) is 0 Å². The summed E-state index contributed by atoms with van der Waals surface area (Å²) in [6.45, 7) is 2.07. The number of halogens is 2. The van der Waals surface area contributed by atoms with Gasteiger partial charge in [-0.15, -0.1) is 0 Å². The monoisotopic (exact) mass is 302 g/mol. The molecule has 6 heteroatoms. The Bertz CT molecular complexity index is 413. The zero-order valence-corrected chi connectivity index (χ0v) is 10.7. The molecule has 0 aromatic heterocycles. The van der Waals surface area contributed by atoms with Crippen LogP contribution >= 0.6 is 15.9 Å². The van der Waals surface area contributed by atoms with E-state index in [2.05, 4.69) is 15.9 Å². The van der Waals surface area contributed by atoms with Gasteiger partial charge in [-0.1, -0.05) is 15.9 Å². The highest BCUT2D eigenvalue weighted by atomic mass is 79.9. The first-order valence-electron chi connectivity index (χ1n) is 5.25. The Morgan fingerprint density at radius 1 is 1.24 bits per heavy atom. The average Bonchev–Trinajstić information content (AvgIpc) is 2.28. The molecule has 1 aliphatic rings. The SMILES string of the molecule is O=C(O)N1CCN(c2cc(F)cc(Br)c2)CC1. The fourth-order valence-electron chi connectivity index (χ4n) is 1.88. The van der Waals surface area contributed by atoms with Crippen LogP contribution in [0, 0.1) is 5.82 Å². The second kappa shape index (κ2) is 4.91. The lowest BCUT2D eigenvalue weighted by Gasteiger charge is -2.34. The van der Waals surface area contributed by atoms with Crippen molar-refractivity contribution in [3.8, 4) is 0 Å². The van der Waals surface area contributed by atoms with Crippen LogP contribution in [0.3, 0.4) is 0 Å². The highest BCUT2D eigenvalue weighted by Crippen LogP contribution is 2.23. The molecule has 1 heterocycles. The maximum atomic E-state index is 13.2. The third-order valence-electron chi connectivity index (χ3n) is 2.76. The number of anilines is 1. The zero-order chi connectivity index (χ0) is 12.4. The van der Waals surface area contributed by atoms with Crippen molar-refractivity contribution in [2.75, 3.05) is 31.1 Å². The van der Waals surface area contributed by atoms with E-state index in [4.69, 9.17) is 5.11 Å². The van der Waals surface area contributed by atoms with E-state index in [-0.39, 0.29) is 5.82 Å². The molecule has 17 heavy (non-hydrogen) atoms. The summed E-state index contributed by atoms with van der Waals surface area (Å²) in [4.78, 5) is 14.1. The Kier molecular flexibility index (Phi) is 3.51. The molecule has 1 N–H and O–H groups in total. The number of nitrogens with zero attached hydrogens (tertiary/aromatic N) is 2. The summed E-state index contributed by atoms with van der Waals surface area (Å²) < 4.78 is 13.9. The molecule has 0 atom stereocenters. The van der Waals surface area contributed by atoms with Crippen LogP contribution in [-0.2, 0) is 0 Å². The van der Waals surface area contributed by atoms with E-state index in [1.54, 1.807) is 0 Å². The van der Waals surface area contributed by atoms with Gasteiger partial charge in [-0.2, -0.15) is 0 Å². The number of hydrogen-bond acceptors (Lipinski definition) is 2. The van der Waals surface area contributed by atoms with E-state index in [0.29, 0.717) is 30.7 Å². The Hall–Kier alpha value is -1.30. The molecule has 1 fully saturated rings. The standard InChI is InChI=1S/C11H12BrFN2O2/c12-8-5-9(13)7-10(6-8)14-1-3-15(4-2-14)11(16)17/h5-7H,1-4H2,(H,16,17). The lowest BCUT2D eigenvalue weighted by atomic mass is 10.2. The van der Waals surface area contributed by atoms with Crippen molar-refractivity contribution >= 4 is 27.7 Å². The molecule has 92 valence electrons. The summed E-state index contributed by atoms with van der Waals surface area (Å²) in [5.74, 6) is -0.296. The normalized spacial score (nSPS) is 16.1. The van der Waals surface area contributed by atoms with Crippen LogP contribution in [0.5, 0.6) is 0 Å². The maximum Gasteiger partial charge on any atom is 0.407 e. The Balaban J connectivity index is 2.07. The molecule has 1 aromatic rings. The Morgan fingerprint density at radius 3 is 2.41 bits per heavy atom. The molecule has 4 nitrogen and oxygen atoms in total. The lowest BCUT2D eigenvalue weighted by molar-refractivity contribution is 0.142. The fraction of sp³-hybridized carbons (Fsp3) is 0.364. The van der Waals surface area contributed by atoms with E-state index in [0.717, 1.165) is 5.69 Å². The fourth-order valence-corrected chi connectivity index (χ4v) is 2.33. The molecule has 0 saturated carbocycles. The van der Waals surface area contributed by atoms with E-state index in [1.807, 2.05) is 11.0 Å². The van der Waals surface area contributed by atoms with Crippen LogP contribution in [0.4, 0.5) is 14.9 Å². The van der Waals surface area contributed by atoms with Gasteiger partial charge in [0.25, 0.3) is 0 Å². The zero-order valence-electron chi connectivity index (χ0n) is 9.07. The van der Waals surface area contributed by atoms with Crippen LogP contribution < -0.4 is 4.90 Å². The van der Waals surface area contributed by atoms with Crippen molar-refractivity contribution in [2.24, 2.45) is 0 Å². The molecule has 1 saturated heterocycles. The van der Waals surface area contributed by atoms with Gasteiger partial charge >= 0.3 is 6.09 Å². The van der Waals surface area contributed by atoms with Crippen molar-refractivity contribution in [2.45, 2.75) is 0 Å². The van der Waals surface area contributed by atoms with E-state index >= 15 is 0 Å². The number of piperazine rings is 1. The van der Waals surface area contributed by atoms with Gasteiger partial charge in [0.2, 0.25) is 0 Å². The molecule has 1 aromatic carbocycles. The number of benzene rings is 1. The number of carbonyl (C=O) groups is 1. The first kappa shape index (κ1) is 12.2. The highest BCUT2D eigenvalue weighted by molar-refractivity contribution is 9.10. The quantitative estimate of drug-likeness (QED) is 0.866. The summed E-state index contributed by atoms with van der Waals surface area (Å²) in [5, 5.41) is 8.82. The smallest absolute Gasteiger partial charge is 0.407 e. The maximum absolute atomic E-state index is 13.2. The van der Waals surface area contributed by atoms with Crippen LogP contribution in [0.1, 0.15) is 0 Å². The summed E-state index contributed by atoms with van der Waals surface area (Å²) in [6, 6.07) is 4.69. The van der Waals surface area contributed by atoms with Gasteiger partial charge in [-0.3, -0.25) is 0 Å². The predicted octanol–water partition coefficient (Wildman–Crippen LogP) is 2.39. The van der Waals surface area contributed by atoms with Crippen molar-refractivity contribution in [1.29, 1.82) is 0 Å². The number of hydrogen-bond donors (Lipinski definition) is 1. The first-order valence-corrected chi connectivity index (χ1v) is 6.04. The summed E-state index contributed by atoms with van der Waals surface area (Å²) in [6.07, 6.45) is -0.898. The molecule has 0 unspecified atom stereocenters. The number of rotatable bonds is 1. The molecule has 2 rings (SSSR count). The minimum Gasteiger partial charge on any atom is -0.465 e. The largest absolute Gasteiger partial charge is 0.465 e. The summed E-state index contributed by atoms with van der Waals surface area (Å²) in [7, 11) is 0. The van der Waals surface area contributed by atoms with Crippen LogP contribution in [-0.4, -0.2) is 42.3 Å². The van der Waals surface area contributed by atoms with Crippen molar-refractivity contribution in [3.05, 3.63) is 28.5 Å². The average molecular weight is 303 g/mol.